The summed E-state index contributed by atoms with van der Waals surface area (Å²) in [5, 5.41) is 1.14. The number of aryl methyl sites for hydroxylation is 2. The molecule has 0 bridgehead atoms. The summed E-state index contributed by atoms with van der Waals surface area (Å²) in [5.41, 5.74) is 3.62. The second-order valence-corrected chi connectivity index (χ2v) is 8.49. The summed E-state index contributed by atoms with van der Waals surface area (Å²) in [6.07, 6.45) is 3.32. The van der Waals surface area contributed by atoms with Gasteiger partial charge in [-0.1, -0.05) is 30.0 Å². The molecule has 1 aliphatic rings. The zero-order valence-electron chi connectivity index (χ0n) is 16.9. The molecule has 1 amide bonds. The summed E-state index contributed by atoms with van der Waals surface area (Å²) < 4.78 is 1.64. The Morgan fingerprint density at radius 3 is 2.55 bits per heavy atom. The number of amides is 1. The van der Waals surface area contributed by atoms with Crippen LogP contribution in [0.3, 0.4) is 0 Å². The van der Waals surface area contributed by atoms with Crippen molar-refractivity contribution in [1.82, 2.24) is 14.5 Å². The third-order valence-electron chi connectivity index (χ3n) is 5.53. The molecular formula is C23H25N3O2S. The minimum absolute atomic E-state index is 0.105. The smallest absolute Gasteiger partial charge is 0.266 e. The first-order valence-corrected chi connectivity index (χ1v) is 11.0. The van der Waals surface area contributed by atoms with Crippen LogP contribution in [0.1, 0.15) is 30.4 Å². The van der Waals surface area contributed by atoms with Crippen molar-refractivity contribution in [3.63, 3.8) is 0 Å². The van der Waals surface area contributed by atoms with Gasteiger partial charge in [-0.05, 0) is 68.5 Å². The highest BCUT2D eigenvalue weighted by Gasteiger charge is 2.19. The zero-order chi connectivity index (χ0) is 20.4. The fourth-order valence-corrected chi connectivity index (χ4v) is 4.58. The molecule has 2 heterocycles. The van der Waals surface area contributed by atoms with Gasteiger partial charge in [-0.2, -0.15) is 0 Å². The summed E-state index contributed by atoms with van der Waals surface area (Å²) in [6, 6.07) is 13.3. The molecule has 6 heteroatoms. The number of rotatable bonds is 4. The summed E-state index contributed by atoms with van der Waals surface area (Å²) in [4.78, 5) is 32.6. The van der Waals surface area contributed by atoms with Gasteiger partial charge in [-0.15, -0.1) is 0 Å². The lowest BCUT2D eigenvalue weighted by Gasteiger charge is -2.26. The van der Waals surface area contributed by atoms with Crippen LogP contribution < -0.4 is 5.56 Å². The van der Waals surface area contributed by atoms with Crippen LogP contribution in [-0.4, -0.2) is 39.2 Å². The molecule has 1 aliphatic heterocycles. The highest BCUT2D eigenvalue weighted by molar-refractivity contribution is 7.99. The molecule has 150 valence electrons. The first-order chi connectivity index (χ1) is 14.0. The molecule has 0 aliphatic carbocycles. The van der Waals surface area contributed by atoms with Crippen LogP contribution in [0.4, 0.5) is 0 Å². The molecule has 0 saturated carbocycles. The van der Waals surface area contributed by atoms with Crippen molar-refractivity contribution in [3.05, 3.63) is 63.9 Å². The van der Waals surface area contributed by atoms with Crippen molar-refractivity contribution in [3.8, 4) is 5.69 Å². The Bertz CT molecular complexity index is 1120. The molecule has 0 atom stereocenters. The molecule has 2 aromatic carbocycles. The van der Waals surface area contributed by atoms with Crippen molar-refractivity contribution in [2.75, 3.05) is 18.8 Å². The van der Waals surface area contributed by atoms with Crippen LogP contribution in [0.5, 0.6) is 0 Å². The predicted octanol–water partition coefficient (Wildman–Crippen LogP) is 4.11. The van der Waals surface area contributed by atoms with E-state index in [1.54, 1.807) is 10.6 Å². The van der Waals surface area contributed by atoms with Crippen LogP contribution in [0.15, 0.2) is 52.4 Å². The van der Waals surface area contributed by atoms with E-state index in [4.69, 9.17) is 4.98 Å². The lowest BCUT2D eigenvalue weighted by atomic mass is 10.1. The quantitative estimate of drug-likeness (QED) is 0.482. The first-order valence-electron chi connectivity index (χ1n) is 10.0. The number of carbonyl (C=O) groups excluding carboxylic acids is 1. The van der Waals surface area contributed by atoms with Gasteiger partial charge in [-0.25, -0.2) is 4.98 Å². The van der Waals surface area contributed by atoms with E-state index < -0.39 is 0 Å². The molecule has 0 spiro atoms. The molecule has 4 rings (SSSR count). The van der Waals surface area contributed by atoms with Gasteiger partial charge >= 0.3 is 0 Å². The lowest BCUT2D eigenvalue weighted by Crippen LogP contribution is -2.36. The fraction of sp³-hybridized carbons (Fsp3) is 0.348. The van der Waals surface area contributed by atoms with Gasteiger partial charge < -0.3 is 4.90 Å². The van der Waals surface area contributed by atoms with Gasteiger partial charge in [0.1, 0.15) is 0 Å². The number of hydrogen-bond acceptors (Lipinski definition) is 4. The van der Waals surface area contributed by atoms with Crippen molar-refractivity contribution in [2.45, 2.75) is 38.3 Å². The SMILES string of the molecule is Cc1ccc(-n2c(SCC(=O)N3CCCCC3)nc3ccccc3c2=O)cc1C. The maximum atomic E-state index is 13.3. The summed E-state index contributed by atoms with van der Waals surface area (Å²) >= 11 is 1.34. The van der Waals surface area contributed by atoms with E-state index in [0.717, 1.165) is 37.2 Å². The number of para-hydroxylation sites is 1. The Morgan fingerprint density at radius 1 is 1.03 bits per heavy atom. The number of likely N-dealkylation sites (tertiary alicyclic amines) is 1. The number of piperidine rings is 1. The highest BCUT2D eigenvalue weighted by atomic mass is 32.2. The maximum Gasteiger partial charge on any atom is 0.266 e. The standard InChI is InChI=1S/C23H25N3O2S/c1-16-10-11-18(14-17(16)2)26-22(28)19-8-4-5-9-20(19)24-23(26)29-15-21(27)25-12-6-3-7-13-25/h4-5,8-11,14H,3,6-7,12-13,15H2,1-2H3. The Balaban J connectivity index is 1.74. The third-order valence-corrected chi connectivity index (χ3v) is 6.45. The Hall–Kier alpha value is -2.60. The molecule has 29 heavy (non-hydrogen) atoms. The van der Waals surface area contributed by atoms with Gasteiger partial charge in [0.25, 0.3) is 5.56 Å². The molecule has 0 unspecified atom stereocenters. The summed E-state index contributed by atoms with van der Waals surface area (Å²) in [5.74, 6) is 0.402. The number of benzene rings is 2. The molecule has 1 aromatic heterocycles. The Morgan fingerprint density at radius 2 is 1.79 bits per heavy atom. The topological polar surface area (TPSA) is 55.2 Å². The number of fused-ring (bicyclic) bond motifs is 1. The zero-order valence-corrected chi connectivity index (χ0v) is 17.7. The van der Waals surface area contributed by atoms with E-state index in [1.165, 1.54) is 23.7 Å². The molecule has 5 nitrogen and oxygen atoms in total. The van der Waals surface area contributed by atoms with E-state index in [2.05, 4.69) is 0 Å². The summed E-state index contributed by atoms with van der Waals surface area (Å²) in [7, 11) is 0. The molecule has 1 fully saturated rings. The van der Waals surface area contributed by atoms with Crippen LogP contribution in [0.2, 0.25) is 0 Å². The molecule has 3 aromatic rings. The van der Waals surface area contributed by atoms with Gasteiger partial charge in [0, 0.05) is 13.1 Å². The van der Waals surface area contributed by atoms with Crippen LogP contribution in [0.25, 0.3) is 16.6 Å². The van der Waals surface area contributed by atoms with E-state index in [0.29, 0.717) is 16.1 Å². The van der Waals surface area contributed by atoms with E-state index >= 15 is 0 Å². The van der Waals surface area contributed by atoms with Gasteiger partial charge in [-0.3, -0.25) is 14.2 Å². The Kier molecular flexibility index (Phi) is 5.72. The van der Waals surface area contributed by atoms with Gasteiger partial charge in [0.15, 0.2) is 5.16 Å². The minimum Gasteiger partial charge on any atom is -0.342 e. The fourth-order valence-electron chi connectivity index (χ4n) is 3.66. The third kappa shape index (κ3) is 4.08. The first kappa shape index (κ1) is 19.7. The lowest BCUT2D eigenvalue weighted by molar-refractivity contribution is -0.129. The van der Waals surface area contributed by atoms with Crippen LogP contribution >= 0.6 is 11.8 Å². The highest BCUT2D eigenvalue weighted by Crippen LogP contribution is 2.23. The minimum atomic E-state index is -0.105. The van der Waals surface area contributed by atoms with E-state index in [9.17, 15) is 9.59 Å². The van der Waals surface area contributed by atoms with Crippen molar-refractivity contribution in [1.29, 1.82) is 0 Å². The average Bonchev–Trinajstić information content (AvgIpc) is 2.75. The van der Waals surface area contributed by atoms with Crippen LogP contribution in [0, 0.1) is 13.8 Å². The number of aromatic nitrogens is 2. The molecule has 0 N–H and O–H groups in total. The van der Waals surface area contributed by atoms with Crippen molar-refractivity contribution >= 4 is 28.6 Å². The number of thioether (sulfide) groups is 1. The molecule has 1 saturated heterocycles. The summed E-state index contributed by atoms with van der Waals surface area (Å²) in [6.45, 7) is 5.74. The number of carbonyl (C=O) groups is 1. The second kappa shape index (κ2) is 8.41. The predicted molar refractivity (Wildman–Crippen MR) is 118 cm³/mol. The maximum absolute atomic E-state index is 13.3. The van der Waals surface area contributed by atoms with Gasteiger partial charge in [0.2, 0.25) is 5.91 Å². The largest absolute Gasteiger partial charge is 0.342 e. The van der Waals surface area contributed by atoms with Gasteiger partial charge in [0.05, 0.1) is 22.3 Å². The second-order valence-electron chi connectivity index (χ2n) is 7.55. The van der Waals surface area contributed by atoms with E-state index in [1.807, 2.05) is 55.1 Å². The number of hydrogen-bond donors (Lipinski definition) is 0. The molecular weight excluding hydrogens is 382 g/mol. The van der Waals surface area contributed by atoms with E-state index in [-0.39, 0.29) is 17.2 Å². The average molecular weight is 408 g/mol. The van der Waals surface area contributed by atoms with Crippen molar-refractivity contribution < 1.29 is 4.79 Å². The monoisotopic (exact) mass is 407 g/mol. The van der Waals surface area contributed by atoms with Crippen LogP contribution in [-0.2, 0) is 4.79 Å². The Labute approximate surface area is 174 Å². The van der Waals surface area contributed by atoms with Crippen molar-refractivity contribution in [2.24, 2.45) is 0 Å². The molecule has 0 radical (unpaired) electrons. The number of nitrogens with zero attached hydrogens (tertiary/aromatic N) is 3. The normalized spacial score (nSPS) is 14.3.